The fraction of sp³-hybridized carbons (Fsp3) is 0.259. The van der Waals surface area contributed by atoms with Crippen molar-refractivity contribution < 1.29 is 23.9 Å². The lowest BCUT2D eigenvalue weighted by Crippen LogP contribution is -2.44. The lowest BCUT2D eigenvalue weighted by atomic mass is 10.1. The van der Waals surface area contributed by atoms with Crippen LogP contribution in [0, 0.1) is 0 Å². The molecule has 0 atom stereocenters. The summed E-state index contributed by atoms with van der Waals surface area (Å²) < 4.78 is 10.4. The third-order valence-electron chi connectivity index (χ3n) is 5.23. The summed E-state index contributed by atoms with van der Waals surface area (Å²) >= 11 is 1.35. The maximum absolute atomic E-state index is 12.7. The van der Waals surface area contributed by atoms with E-state index >= 15 is 0 Å². The van der Waals surface area contributed by atoms with Crippen molar-refractivity contribution in [1.82, 2.24) is 41.1 Å². The summed E-state index contributed by atoms with van der Waals surface area (Å²) in [6.45, 7) is 7.34. The Morgan fingerprint density at radius 3 is 2.50 bits per heavy atom. The van der Waals surface area contributed by atoms with Crippen LogP contribution in [0.2, 0.25) is 0 Å². The number of hydrogen-bond donors (Lipinski definition) is 4. The predicted octanol–water partition coefficient (Wildman–Crippen LogP) is 4.04. The van der Waals surface area contributed by atoms with Gasteiger partial charge in [-0.05, 0) is 39.8 Å². The molecule has 218 valence electrons. The van der Waals surface area contributed by atoms with Gasteiger partial charge in [0.05, 0.1) is 30.9 Å². The van der Waals surface area contributed by atoms with E-state index in [1.54, 1.807) is 39.8 Å². The first-order valence-corrected chi connectivity index (χ1v) is 13.6. The predicted molar refractivity (Wildman–Crippen MR) is 156 cm³/mol. The molecule has 0 saturated carbocycles. The van der Waals surface area contributed by atoms with Gasteiger partial charge in [0.2, 0.25) is 5.88 Å². The van der Waals surface area contributed by atoms with Gasteiger partial charge in [-0.3, -0.25) is 20.5 Å². The smallest absolute Gasteiger partial charge is 0.426 e. The van der Waals surface area contributed by atoms with Crippen LogP contribution in [0.5, 0.6) is 5.88 Å². The number of carbonyl (C=O) groups is 3. The van der Waals surface area contributed by atoms with Crippen molar-refractivity contribution in [2.24, 2.45) is 0 Å². The average molecular weight is 592 g/mol. The van der Waals surface area contributed by atoms with E-state index in [2.05, 4.69) is 41.4 Å². The Morgan fingerprint density at radius 2 is 1.76 bits per heavy atom. The highest BCUT2D eigenvalue weighted by molar-refractivity contribution is 7.13. The van der Waals surface area contributed by atoms with Crippen LogP contribution < -0.4 is 26.2 Å². The molecule has 0 radical (unpaired) electrons. The number of nitrogens with zero attached hydrogens (tertiary/aromatic N) is 5. The molecule has 4 rings (SSSR count). The summed E-state index contributed by atoms with van der Waals surface area (Å²) in [5.74, 6) is 0.0193. The zero-order valence-corrected chi connectivity index (χ0v) is 24.3. The van der Waals surface area contributed by atoms with E-state index in [1.165, 1.54) is 37.0 Å². The Morgan fingerprint density at radius 1 is 0.952 bits per heavy atom. The number of aromatic nitrogens is 5. The highest BCUT2D eigenvalue weighted by Gasteiger charge is 2.20. The van der Waals surface area contributed by atoms with Gasteiger partial charge in [0, 0.05) is 35.3 Å². The molecule has 14 nitrogen and oxygen atoms in total. The van der Waals surface area contributed by atoms with Crippen LogP contribution in [-0.2, 0) is 4.74 Å². The Labute approximate surface area is 245 Å². The highest BCUT2D eigenvalue weighted by atomic mass is 32.1. The largest absolute Gasteiger partial charge is 0.481 e. The summed E-state index contributed by atoms with van der Waals surface area (Å²) in [6, 6.07) is 6.61. The van der Waals surface area contributed by atoms with Crippen molar-refractivity contribution in [3.63, 3.8) is 0 Å². The van der Waals surface area contributed by atoms with Crippen LogP contribution in [0.4, 0.5) is 15.4 Å². The van der Waals surface area contributed by atoms with Crippen molar-refractivity contribution in [2.45, 2.75) is 33.3 Å². The zero-order chi connectivity index (χ0) is 30.3. The number of amides is 4. The van der Waals surface area contributed by atoms with Gasteiger partial charge in [-0.1, -0.05) is 6.07 Å². The quantitative estimate of drug-likeness (QED) is 0.229. The third-order valence-corrected chi connectivity index (χ3v) is 6.11. The number of hydrazine groups is 1. The summed E-state index contributed by atoms with van der Waals surface area (Å²) in [5, 5.41) is 7.77. The standard InChI is InChI=1S/C27H29N9O5S/c1-6-29-25(38)34-21-10-15(24-33-20(14-42-24)17-8-7-9-22(32-17)40-5)16(11-30-21)18-12-28-13-19(31-18)23(37)35-36-26(39)41-27(2,3)4/h7-14H,6H2,1-5H3,(H,35,37)(H,36,39)(H2,29,30,34,38). The van der Waals surface area contributed by atoms with Gasteiger partial charge in [0.15, 0.2) is 0 Å². The van der Waals surface area contributed by atoms with Crippen LogP contribution in [-0.4, -0.2) is 62.2 Å². The van der Waals surface area contributed by atoms with E-state index in [4.69, 9.17) is 14.5 Å². The molecule has 0 spiro atoms. The minimum Gasteiger partial charge on any atom is -0.481 e. The second-order valence-corrected chi connectivity index (χ2v) is 10.4. The Hall–Kier alpha value is -5.18. The minimum atomic E-state index is -0.827. The highest BCUT2D eigenvalue weighted by Crippen LogP contribution is 2.36. The Kier molecular flexibility index (Phi) is 9.22. The van der Waals surface area contributed by atoms with E-state index in [1.807, 2.05) is 17.5 Å². The second-order valence-electron chi connectivity index (χ2n) is 9.57. The molecule has 42 heavy (non-hydrogen) atoms. The number of pyridine rings is 2. The number of rotatable bonds is 7. The van der Waals surface area contributed by atoms with Crippen LogP contribution in [0.25, 0.3) is 33.2 Å². The molecule has 4 N–H and O–H groups in total. The normalized spacial score (nSPS) is 10.9. The third kappa shape index (κ3) is 7.72. The van der Waals surface area contributed by atoms with Crippen molar-refractivity contribution in [1.29, 1.82) is 0 Å². The van der Waals surface area contributed by atoms with Crippen LogP contribution in [0.1, 0.15) is 38.2 Å². The SMILES string of the molecule is CCNC(=O)Nc1cc(-c2nc(-c3cccc(OC)n3)cs2)c(-c2cncc(C(=O)NNC(=O)OC(C)(C)C)n2)cn1. The summed E-state index contributed by atoms with van der Waals surface area (Å²) in [6.07, 6.45) is 3.40. The first-order valence-electron chi connectivity index (χ1n) is 12.7. The molecule has 4 heterocycles. The fourth-order valence-electron chi connectivity index (χ4n) is 3.49. The van der Waals surface area contributed by atoms with Crippen LogP contribution >= 0.6 is 11.3 Å². The zero-order valence-electron chi connectivity index (χ0n) is 23.5. The van der Waals surface area contributed by atoms with Gasteiger partial charge in [-0.25, -0.2) is 35.0 Å². The van der Waals surface area contributed by atoms with Crippen molar-refractivity contribution in [2.75, 3.05) is 19.0 Å². The number of methoxy groups -OCH3 is 1. The molecule has 4 aromatic rings. The molecular weight excluding hydrogens is 562 g/mol. The van der Waals surface area contributed by atoms with Gasteiger partial charge >= 0.3 is 12.1 Å². The summed E-state index contributed by atoms with van der Waals surface area (Å²) in [5.41, 5.74) is 6.24. The lowest BCUT2D eigenvalue weighted by molar-refractivity contribution is 0.0483. The molecule has 0 saturated heterocycles. The fourth-order valence-corrected chi connectivity index (χ4v) is 4.34. The second kappa shape index (κ2) is 13.0. The molecule has 0 aromatic carbocycles. The Bertz CT molecular complexity index is 1600. The number of carbonyl (C=O) groups excluding carboxylic acids is 3. The maximum Gasteiger partial charge on any atom is 0.426 e. The molecule has 0 aliphatic heterocycles. The average Bonchev–Trinajstić information content (AvgIpc) is 3.46. The van der Waals surface area contributed by atoms with E-state index in [0.717, 1.165) is 0 Å². The van der Waals surface area contributed by atoms with Crippen LogP contribution in [0.3, 0.4) is 0 Å². The van der Waals surface area contributed by atoms with E-state index in [-0.39, 0.29) is 11.5 Å². The molecule has 4 aromatic heterocycles. The number of anilines is 1. The number of thiazole rings is 1. The molecule has 0 bridgehead atoms. The van der Waals surface area contributed by atoms with Crippen molar-refractivity contribution in [3.05, 3.63) is 53.9 Å². The van der Waals surface area contributed by atoms with Crippen LogP contribution in [0.15, 0.2) is 48.2 Å². The van der Waals surface area contributed by atoms with Crippen molar-refractivity contribution in [3.8, 4) is 39.1 Å². The minimum absolute atomic E-state index is 0.0700. The lowest BCUT2D eigenvalue weighted by Gasteiger charge is -2.19. The van der Waals surface area contributed by atoms with E-state index < -0.39 is 23.6 Å². The molecule has 15 heteroatoms. The number of nitrogens with one attached hydrogen (secondary N) is 4. The molecule has 0 aliphatic carbocycles. The molecule has 4 amide bonds. The van der Waals surface area contributed by atoms with Gasteiger partial charge < -0.3 is 14.8 Å². The monoisotopic (exact) mass is 591 g/mol. The molecule has 0 aliphatic rings. The first-order chi connectivity index (χ1) is 20.1. The maximum atomic E-state index is 12.7. The van der Waals surface area contributed by atoms with Gasteiger partial charge in [0.25, 0.3) is 5.91 Å². The van der Waals surface area contributed by atoms with Gasteiger partial charge in [-0.2, -0.15) is 0 Å². The molecule has 0 fully saturated rings. The number of ether oxygens (including phenoxy) is 2. The van der Waals surface area contributed by atoms with E-state index in [9.17, 15) is 14.4 Å². The van der Waals surface area contributed by atoms with Gasteiger partial charge in [-0.15, -0.1) is 11.3 Å². The Balaban J connectivity index is 1.67. The first kappa shape index (κ1) is 29.8. The van der Waals surface area contributed by atoms with E-state index in [0.29, 0.717) is 45.6 Å². The number of hydrogen-bond acceptors (Lipinski definition) is 11. The number of urea groups is 1. The summed E-state index contributed by atoms with van der Waals surface area (Å²) in [7, 11) is 1.54. The molecule has 0 unspecified atom stereocenters. The topological polar surface area (TPSA) is 182 Å². The van der Waals surface area contributed by atoms with Gasteiger partial charge in [0.1, 0.15) is 27.8 Å². The van der Waals surface area contributed by atoms with Crippen molar-refractivity contribution >= 4 is 35.2 Å². The molecular formula is C27H29N9O5S. The summed E-state index contributed by atoms with van der Waals surface area (Å²) in [4.78, 5) is 59.0.